The Labute approximate surface area is 140 Å². The number of carbonyl (C=O) groups is 1. The summed E-state index contributed by atoms with van der Waals surface area (Å²) in [6, 6.07) is 7.11. The molecule has 8 heteroatoms. The highest BCUT2D eigenvalue weighted by Gasteiger charge is 2.11. The molecule has 25 heavy (non-hydrogen) atoms. The van der Waals surface area contributed by atoms with Crippen molar-refractivity contribution in [2.75, 3.05) is 6.54 Å². The third-order valence-electron chi connectivity index (χ3n) is 3.79. The van der Waals surface area contributed by atoms with Gasteiger partial charge in [0.25, 0.3) is 5.91 Å². The first-order chi connectivity index (χ1) is 12.1. The van der Waals surface area contributed by atoms with Crippen LogP contribution in [0.5, 0.6) is 0 Å². The van der Waals surface area contributed by atoms with E-state index in [9.17, 15) is 13.6 Å². The van der Waals surface area contributed by atoms with Crippen LogP contribution in [0.4, 0.5) is 8.78 Å². The van der Waals surface area contributed by atoms with Gasteiger partial charge in [0, 0.05) is 25.4 Å². The molecule has 1 amide bonds. The van der Waals surface area contributed by atoms with Gasteiger partial charge in [0.2, 0.25) is 0 Å². The van der Waals surface area contributed by atoms with Crippen LogP contribution in [0, 0.1) is 11.6 Å². The normalized spacial score (nSPS) is 11.3. The number of halogens is 2. The molecule has 1 aromatic carbocycles. The number of nitrogens with zero attached hydrogens (tertiary/aromatic N) is 3. The Hall–Kier alpha value is -3.29. The Morgan fingerprint density at radius 3 is 2.84 bits per heavy atom. The summed E-state index contributed by atoms with van der Waals surface area (Å²) < 4.78 is 27.8. The molecule has 0 fully saturated rings. The van der Waals surface area contributed by atoms with Crippen molar-refractivity contribution in [1.29, 1.82) is 0 Å². The summed E-state index contributed by atoms with van der Waals surface area (Å²) in [4.78, 5) is 23.6. The van der Waals surface area contributed by atoms with Crippen LogP contribution in [0.15, 0.2) is 42.7 Å². The summed E-state index contributed by atoms with van der Waals surface area (Å²) in [5.74, 6) is -0.443. The minimum absolute atomic E-state index is 0.206. The second kappa shape index (κ2) is 5.97. The molecule has 0 saturated heterocycles. The Balaban J connectivity index is 1.41. The second-order valence-corrected chi connectivity index (χ2v) is 5.59. The Bertz CT molecular complexity index is 1090. The molecule has 0 aliphatic rings. The van der Waals surface area contributed by atoms with E-state index < -0.39 is 5.82 Å². The average Bonchev–Trinajstić information content (AvgIpc) is 3.17. The molecular weight excluding hydrogens is 328 g/mol. The van der Waals surface area contributed by atoms with Gasteiger partial charge in [-0.2, -0.15) is 0 Å². The van der Waals surface area contributed by atoms with Gasteiger partial charge in [-0.15, -0.1) is 0 Å². The van der Waals surface area contributed by atoms with Gasteiger partial charge in [-0.05, 0) is 30.3 Å². The van der Waals surface area contributed by atoms with Crippen LogP contribution in [0.1, 0.15) is 16.3 Å². The standard InChI is InChI=1S/C17H13F2N5O/c18-10-1-3-12-13(7-10)22-15(21-12)5-6-20-17(25)14-9-24-8-11(19)2-4-16(24)23-14/h1-4,7-9H,5-6H2,(H,20,25)(H,21,22). The smallest absolute Gasteiger partial charge is 0.271 e. The average molecular weight is 341 g/mol. The number of hydrogen-bond acceptors (Lipinski definition) is 3. The minimum atomic E-state index is -0.404. The summed E-state index contributed by atoms with van der Waals surface area (Å²) >= 11 is 0. The number of amides is 1. The number of benzene rings is 1. The van der Waals surface area contributed by atoms with Crippen LogP contribution >= 0.6 is 0 Å². The van der Waals surface area contributed by atoms with E-state index in [1.165, 1.54) is 41.1 Å². The Morgan fingerprint density at radius 1 is 1.12 bits per heavy atom. The molecule has 0 atom stereocenters. The second-order valence-electron chi connectivity index (χ2n) is 5.59. The minimum Gasteiger partial charge on any atom is -0.350 e. The largest absolute Gasteiger partial charge is 0.350 e. The summed E-state index contributed by atoms with van der Waals surface area (Å²) in [6.07, 6.45) is 3.19. The third-order valence-corrected chi connectivity index (χ3v) is 3.79. The van der Waals surface area contributed by atoms with E-state index in [2.05, 4.69) is 20.3 Å². The fraction of sp³-hybridized carbons (Fsp3) is 0.118. The zero-order chi connectivity index (χ0) is 17.4. The zero-order valence-corrected chi connectivity index (χ0v) is 13.0. The van der Waals surface area contributed by atoms with E-state index in [-0.39, 0.29) is 17.4 Å². The molecule has 0 bridgehead atoms. The van der Waals surface area contributed by atoms with E-state index in [4.69, 9.17) is 0 Å². The number of aromatic nitrogens is 4. The lowest BCUT2D eigenvalue weighted by Crippen LogP contribution is -2.26. The van der Waals surface area contributed by atoms with Crippen LogP contribution < -0.4 is 5.32 Å². The van der Waals surface area contributed by atoms with Crippen LogP contribution in [0.25, 0.3) is 16.7 Å². The van der Waals surface area contributed by atoms with Crippen LogP contribution in [-0.2, 0) is 6.42 Å². The number of rotatable bonds is 4. The quantitative estimate of drug-likeness (QED) is 0.599. The van der Waals surface area contributed by atoms with Gasteiger partial charge in [0.1, 0.15) is 28.8 Å². The third kappa shape index (κ3) is 3.06. The summed E-state index contributed by atoms with van der Waals surface area (Å²) in [7, 11) is 0. The number of nitrogens with one attached hydrogen (secondary N) is 2. The highest BCUT2D eigenvalue weighted by atomic mass is 19.1. The van der Waals surface area contributed by atoms with Gasteiger partial charge in [-0.1, -0.05) is 0 Å². The first-order valence-corrected chi connectivity index (χ1v) is 7.65. The number of imidazole rings is 2. The highest BCUT2D eigenvalue weighted by molar-refractivity contribution is 5.92. The van der Waals surface area contributed by atoms with Gasteiger partial charge >= 0.3 is 0 Å². The van der Waals surface area contributed by atoms with Gasteiger partial charge in [0.05, 0.1) is 11.0 Å². The lowest BCUT2D eigenvalue weighted by Gasteiger charge is -2.00. The number of aromatic amines is 1. The van der Waals surface area contributed by atoms with Crippen molar-refractivity contribution in [3.8, 4) is 0 Å². The molecule has 0 aliphatic carbocycles. The van der Waals surface area contributed by atoms with Gasteiger partial charge in [-0.25, -0.2) is 18.7 Å². The number of H-pyrrole nitrogens is 1. The van der Waals surface area contributed by atoms with Gasteiger partial charge in [0.15, 0.2) is 0 Å². The topological polar surface area (TPSA) is 75.1 Å². The molecule has 0 radical (unpaired) electrons. The monoisotopic (exact) mass is 341 g/mol. The van der Waals surface area contributed by atoms with Crippen molar-refractivity contribution in [3.05, 3.63) is 65.9 Å². The molecule has 3 aromatic heterocycles. The maximum atomic E-state index is 13.2. The van der Waals surface area contributed by atoms with E-state index in [1.807, 2.05) is 0 Å². The molecule has 0 saturated carbocycles. The first-order valence-electron chi connectivity index (χ1n) is 7.65. The number of fused-ring (bicyclic) bond motifs is 2. The fourth-order valence-corrected chi connectivity index (χ4v) is 2.61. The lowest BCUT2D eigenvalue weighted by molar-refractivity contribution is 0.0949. The zero-order valence-electron chi connectivity index (χ0n) is 13.0. The maximum Gasteiger partial charge on any atom is 0.271 e. The molecule has 0 spiro atoms. The summed E-state index contributed by atoms with van der Waals surface area (Å²) in [5.41, 5.74) is 1.98. The van der Waals surface area contributed by atoms with Gasteiger partial charge < -0.3 is 14.7 Å². The maximum absolute atomic E-state index is 13.2. The van der Waals surface area contributed by atoms with E-state index in [0.717, 1.165) is 0 Å². The van der Waals surface area contributed by atoms with Crippen molar-refractivity contribution < 1.29 is 13.6 Å². The molecule has 3 heterocycles. The molecular formula is C17H13F2N5O. The molecule has 0 unspecified atom stereocenters. The fourth-order valence-electron chi connectivity index (χ4n) is 2.61. The van der Waals surface area contributed by atoms with E-state index in [1.54, 1.807) is 6.07 Å². The number of hydrogen-bond donors (Lipinski definition) is 2. The number of carbonyl (C=O) groups excluding carboxylic acids is 1. The number of pyridine rings is 1. The van der Waals surface area contributed by atoms with Crippen molar-refractivity contribution in [2.24, 2.45) is 0 Å². The van der Waals surface area contributed by atoms with Crippen LogP contribution in [0.3, 0.4) is 0 Å². The predicted octanol–water partition coefficient (Wildman–Crippen LogP) is 2.46. The van der Waals surface area contributed by atoms with Crippen LogP contribution in [0.2, 0.25) is 0 Å². The Morgan fingerprint density at radius 2 is 1.96 bits per heavy atom. The molecule has 4 aromatic rings. The van der Waals surface area contributed by atoms with Crippen molar-refractivity contribution >= 4 is 22.6 Å². The highest BCUT2D eigenvalue weighted by Crippen LogP contribution is 2.13. The predicted molar refractivity (Wildman–Crippen MR) is 87.2 cm³/mol. The van der Waals surface area contributed by atoms with Crippen molar-refractivity contribution in [1.82, 2.24) is 24.7 Å². The van der Waals surface area contributed by atoms with E-state index >= 15 is 0 Å². The van der Waals surface area contributed by atoms with Crippen molar-refractivity contribution in [3.63, 3.8) is 0 Å². The van der Waals surface area contributed by atoms with Crippen LogP contribution in [-0.4, -0.2) is 31.8 Å². The first kappa shape index (κ1) is 15.3. The van der Waals surface area contributed by atoms with Gasteiger partial charge in [-0.3, -0.25) is 4.79 Å². The Kier molecular flexibility index (Phi) is 3.64. The lowest BCUT2D eigenvalue weighted by atomic mass is 10.3. The summed E-state index contributed by atoms with van der Waals surface area (Å²) in [5, 5.41) is 2.74. The van der Waals surface area contributed by atoms with Crippen molar-refractivity contribution in [2.45, 2.75) is 6.42 Å². The molecule has 4 rings (SSSR count). The molecule has 126 valence electrons. The molecule has 2 N–H and O–H groups in total. The molecule has 6 nitrogen and oxygen atoms in total. The SMILES string of the molecule is O=C(NCCc1nc2ccc(F)cc2[nH]1)c1cn2cc(F)ccc2n1. The summed E-state index contributed by atoms with van der Waals surface area (Å²) in [6.45, 7) is 0.337. The molecule has 0 aliphatic heterocycles. The van der Waals surface area contributed by atoms with E-state index in [0.29, 0.717) is 35.5 Å².